The van der Waals surface area contributed by atoms with Gasteiger partial charge < -0.3 is 9.88 Å². The zero-order valence-corrected chi connectivity index (χ0v) is 15.7. The number of benzene rings is 4. The number of fused-ring (bicyclic) bond motifs is 6. The van der Waals surface area contributed by atoms with Crippen molar-refractivity contribution in [1.29, 1.82) is 0 Å². The van der Waals surface area contributed by atoms with E-state index in [2.05, 4.69) is 108 Å². The Morgan fingerprint density at radius 1 is 0.679 bits per heavy atom. The van der Waals surface area contributed by atoms with Crippen molar-refractivity contribution in [2.75, 3.05) is 11.9 Å². The molecule has 1 unspecified atom stereocenters. The zero-order valence-electron chi connectivity index (χ0n) is 15.7. The van der Waals surface area contributed by atoms with Gasteiger partial charge in [0.15, 0.2) is 0 Å². The molecule has 134 valence electrons. The highest BCUT2D eigenvalue weighted by Crippen LogP contribution is 2.50. The highest BCUT2D eigenvalue weighted by Gasteiger charge is 2.32. The highest BCUT2D eigenvalue weighted by molar-refractivity contribution is 6.04. The Hall–Kier alpha value is -3.52. The molecule has 1 aliphatic rings. The fourth-order valence-electron chi connectivity index (χ4n) is 4.87. The van der Waals surface area contributed by atoms with E-state index >= 15 is 0 Å². The minimum absolute atomic E-state index is 0.172. The molecule has 0 saturated carbocycles. The molecule has 0 aliphatic carbocycles. The fraction of sp³-hybridized carbons (Fsp3) is 0.0769. The van der Waals surface area contributed by atoms with Crippen molar-refractivity contribution in [3.8, 4) is 11.1 Å². The Balaban J connectivity index is 1.70. The van der Waals surface area contributed by atoms with Crippen molar-refractivity contribution >= 4 is 27.4 Å². The van der Waals surface area contributed by atoms with Gasteiger partial charge in [0, 0.05) is 40.7 Å². The molecule has 28 heavy (non-hydrogen) atoms. The van der Waals surface area contributed by atoms with Crippen LogP contribution in [0, 0.1) is 0 Å². The second-order valence-electron chi connectivity index (χ2n) is 7.57. The number of aromatic amines is 1. The summed E-state index contributed by atoms with van der Waals surface area (Å²) in [6, 6.07) is 30.8. The molecular weight excluding hydrogens is 340 g/mol. The maximum absolute atomic E-state index is 3.47. The fourth-order valence-corrected chi connectivity index (χ4v) is 4.87. The SMILES string of the molecule is CN1c2c(ccc3ccccc23)-c2ccccc2C1c1c[nH]c2ccccc12. The van der Waals surface area contributed by atoms with Crippen molar-refractivity contribution in [1.82, 2.24) is 4.98 Å². The summed E-state index contributed by atoms with van der Waals surface area (Å²) >= 11 is 0. The summed E-state index contributed by atoms with van der Waals surface area (Å²) in [6.07, 6.45) is 2.18. The molecule has 5 aromatic rings. The van der Waals surface area contributed by atoms with Crippen LogP contribution in [0.5, 0.6) is 0 Å². The number of hydrogen-bond acceptors (Lipinski definition) is 1. The predicted molar refractivity (Wildman–Crippen MR) is 118 cm³/mol. The lowest BCUT2D eigenvalue weighted by Crippen LogP contribution is -2.29. The first kappa shape index (κ1) is 15.5. The first-order chi connectivity index (χ1) is 13.8. The van der Waals surface area contributed by atoms with Crippen LogP contribution in [0.3, 0.4) is 0 Å². The molecule has 1 aliphatic heterocycles. The summed E-state index contributed by atoms with van der Waals surface area (Å²) in [7, 11) is 2.23. The van der Waals surface area contributed by atoms with Crippen molar-refractivity contribution in [2.45, 2.75) is 6.04 Å². The molecule has 2 heteroatoms. The van der Waals surface area contributed by atoms with Crippen molar-refractivity contribution in [2.24, 2.45) is 0 Å². The summed E-state index contributed by atoms with van der Waals surface area (Å²) in [5.74, 6) is 0. The largest absolute Gasteiger partial charge is 0.362 e. The summed E-state index contributed by atoms with van der Waals surface area (Å²) in [6.45, 7) is 0. The molecule has 1 atom stereocenters. The van der Waals surface area contributed by atoms with Gasteiger partial charge in [0.25, 0.3) is 0 Å². The molecule has 4 aromatic carbocycles. The van der Waals surface area contributed by atoms with E-state index in [1.165, 1.54) is 49.6 Å². The molecule has 1 aromatic heterocycles. The molecule has 0 fully saturated rings. The van der Waals surface area contributed by atoms with E-state index in [9.17, 15) is 0 Å². The van der Waals surface area contributed by atoms with E-state index in [-0.39, 0.29) is 6.04 Å². The van der Waals surface area contributed by atoms with Crippen molar-refractivity contribution in [3.63, 3.8) is 0 Å². The van der Waals surface area contributed by atoms with Crippen LogP contribution in [-0.4, -0.2) is 12.0 Å². The van der Waals surface area contributed by atoms with Gasteiger partial charge in [-0.1, -0.05) is 78.9 Å². The average Bonchev–Trinajstić information content (AvgIpc) is 3.17. The lowest BCUT2D eigenvalue weighted by atomic mass is 9.84. The van der Waals surface area contributed by atoms with Gasteiger partial charge in [-0.05, 0) is 22.6 Å². The third kappa shape index (κ3) is 2.03. The van der Waals surface area contributed by atoms with Gasteiger partial charge in [-0.2, -0.15) is 0 Å². The molecule has 0 amide bonds. The topological polar surface area (TPSA) is 19.0 Å². The van der Waals surface area contributed by atoms with Gasteiger partial charge in [0.1, 0.15) is 0 Å². The molecular formula is C26H20N2. The van der Waals surface area contributed by atoms with Crippen LogP contribution in [0.1, 0.15) is 17.2 Å². The van der Waals surface area contributed by atoms with E-state index in [1.54, 1.807) is 0 Å². The molecule has 6 rings (SSSR count). The second-order valence-corrected chi connectivity index (χ2v) is 7.57. The number of H-pyrrole nitrogens is 1. The third-order valence-electron chi connectivity index (χ3n) is 6.10. The Bertz CT molecular complexity index is 1350. The molecule has 0 bridgehead atoms. The standard InChI is InChI=1S/C26H20N2/c1-28-25-18-9-3-2-8-17(18)14-15-22(25)19-10-4-5-12-21(19)26(28)23-16-27-24-13-7-6-11-20(23)24/h2-16,26-27H,1H3. The van der Waals surface area contributed by atoms with Crippen LogP contribution in [-0.2, 0) is 0 Å². The number of aromatic nitrogens is 1. The average molecular weight is 360 g/mol. The number of nitrogens with zero attached hydrogens (tertiary/aromatic N) is 1. The Morgan fingerprint density at radius 3 is 2.36 bits per heavy atom. The number of rotatable bonds is 1. The molecule has 2 heterocycles. The molecule has 1 N–H and O–H groups in total. The highest BCUT2D eigenvalue weighted by atomic mass is 15.1. The number of hydrogen-bond donors (Lipinski definition) is 1. The summed E-state index contributed by atoms with van der Waals surface area (Å²) in [5.41, 5.74) is 7.82. The van der Waals surface area contributed by atoms with Gasteiger partial charge >= 0.3 is 0 Å². The van der Waals surface area contributed by atoms with Crippen LogP contribution in [0.15, 0.2) is 91.1 Å². The van der Waals surface area contributed by atoms with E-state index in [4.69, 9.17) is 0 Å². The quantitative estimate of drug-likeness (QED) is 0.360. The van der Waals surface area contributed by atoms with Gasteiger partial charge in [0.2, 0.25) is 0 Å². The lowest BCUT2D eigenvalue weighted by Gasteiger charge is -2.38. The molecule has 0 saturated heterocycles. The smallest absolute Gasteiger partial charge is 0.0819 e. The van der Waals surface area contributed by atoms with Gasteiger partial charge in [-0.3, -0.25) is 0 Å². The second kappa shape index (κ2) is 5.74. The van der Waals surface area contributed by atoms with Crippen LogP contribution in [0.4, 0.5) is 5.69 Å². The maximum atomic E-state index is 3.47. The summed E-state index contributed by atoms with van der Waals surface area (Å²) in [4.78, 5) is 5.93. The molecule has 0 radical (unpaired) electrons. The minimum atomic E-state index is 0.172. The summed E-state index contributed by atoms with van der Waals surface area (Å²) in [5, 5.41) is 3.88. The van der Waals surface area contributed by atoms with E-state index in [0.717, 1.165) is 0 Å². The van der Waals surface area contributed by atoms with Crippen LogP contribution >= 0.6 is 0 Å². The Labute approximate surface area is 164 Å². The Morgan fingerprint density at radius 2 is 1.43 bits per heavy atom. The third-order valence-corrected chi connectivity index (χ3v) is 6.10. The van der Waals surface area contributed by atoms with Crippen molar-refractivity contribution < 1.29 is 0 Å². The lowest BCUT2D eigenvalue weighted by molar-refractivity contribution is 0.783. The zero-order chi connectivity index (χ0) is 18.7. The van der Waals surface area contributed by atoms with Crippen LogP contribution < -0.4 is 4.90 Å². The Kier molecular flexibility index (Phi) is 3.18. The maximum Gasteiger partial charge on any atom is 0.0819 e. The number of anilines is 1. The number of nitrogens with one attached hydrogen (secondary N) is 1. The minimum Gasteiger partial charge on any atom is -0.362 e. The first-order valence-electron chi connectivity index (χ1n) is 9.73. The molecule has 2 nitrogen and oxygen atoms in total. The predicted octanol–water partition coefficient (Wildman–Crippen LogP) is 6.53. The van der Waals surface area contributed by atoms with Crippen molar-refractivity contribution in [3.05, 3.63) is 102 Å². The van der Waals surface area contributed by atoms with E-state index < -0.39 is 0 Å². The van der Waals surface area contributed by atoms with Gasteiger partial charge in [-0.25, -0.2) is 0 Å². The molecule has 0 spiro atoms. The number of para-hydroxylation sites is 1. The first-order valence-corrected chi connectivity index (χ1v) is 9.73. The van der Waals surface area contributed by atoms with Crippen LogP contribution in [0.2, 0.25) is 0 Å². The van der Waals surface area contributed by atoms with E-state index in [0.29, 0.717) is 0 Å². The summed E-state index contributed by atoms with van der Waals surface area (Å²) < 4.78 is 0. The normalized spacial score (nSPS) is 15.6. The van der Waals surface area contributed by atoms with E-state index in [1.807, 2.05) is 0 Å². The monoisotopic (exact) mass is 360 g/mol. The van der Waals surface area contributed by atoms with Gasteiger partial charge in [0.05, 0.1) is 11.7 Å². The van der Waals surface area contributed by atoms with Crippen LogP contribution in [0.25, 0.3) is 32.8 Å². The van der Waals surface area contributed by atoms with Gasteiger partial charge in [-0.15, -0.1) is 0 Å².